The molecule has 1 aliphatic rings. The smallest absolute Gasteiger partial charge is 0.352 e. The van der Waals surface area contributed by atoms with Crippen LogP contribution >= 0.6 is 11.6 Å². The largest absolute Gasteiger partial charge is 0.419 e. The first-order chi connectivity index (χ1) is 13.2. The summed E-state index contributed by atoms with van der Waals surface area (Å²) < 4.78 is 51.9. The van der Waals surface area contributed by atoms with Gasteiger partial charge in [0.25, 0.3) is 0 Å². The predicted octanol–water partition coefficient (Wildman–Crippen LogP) is 4.64. The molecule has 5 nitrogen and oxygen atoms in total. The lowest BCUT2D eigenvalue weighted by molar-refractivity contribution is -0.139. The van der Waals surface area contributed by atoms with Crippen molar-refractivity contribution in [2.24, 2.45) is 0 Å². The van der Waals surface area contributed by atoms with Crippen LogP contribution in [0.2, 0.25) is 5.02 Å². The van der Waals surface area contributed by atoms with Gasteiger partial charge in [0, 0.05) is 37.6 Å². The van der Waals surface area contributed by atoms with Crippen LogP contribution in [0.4, 0.5) is 33.9 Å². The van der Waals surface area contributed by atoms with Crippen LogP contribution in [0.25, 0.3) is 0 Å². The van der Waals surface area contributed by atoms with Crippen molar-refractivity contribution in [2.45, 2.75) is 19.1 Å². The molecule has 0 aliphatic carbocycles. The molecule has 1 atom stereocenters. The molecule has 0 bridgehead atoms. The first kappa shape index (κ1) is 20.2. The lowest BCUT2D eigenvalue weighted by Gasteiger charge is -2.40. The van der Waals surface area contributed by atoms with Crippen LogP contribution in [0.15, 0.2) is 36.5 Å². The number of anilines is 2. The van der Waals surface area contributed by atoms with Gasteiger partial charge in [-0.1, -0.05) is 11.6 Å². The van der Waals surface area contributed by atoms with E-state index in [4.69, 9.17) is 11.6 Å². The Morgan fingerprint density at radius 2 is 2.04 bits per heavy atom. The Bertz CT molecular complexity index is 877. The number of nitrogens with one attached hydrogen (secondary N) is 1. The Kier molecular flexibility index (Phi) is 5.64. The van der Waals surface area contributed by atoms with Gasteiger partial charge in [0.1, 0.15) is 11.6 Å². The Morgan fingerprint density at radius 3 is 2.68 bits per heavy atom. The molecule has 1 saturated heterocycles. The third kappa shape index (κ3) is 4.30. The molecule has 0 radical (unpaired) electrons. The Morgan fingerprint density at radius 1 is 1.29 bits per heavy atom. The summed E-state index contributed by atoms with van der Waals surface area (Å²) in [5, 5.41) is 2.91. The Balaban J connectivity index is 1.69. The molecule has 28 heavy (non-hydrogen) atoms. The van der Waals surface area contributed by atoms with E-state index in [1.165, 1.54) is 4.90 Å². The highest BCUT2D eigenvalue weighted by Gasteiger charge is 2.35. The number of carbonyl (C=O) groups excluding carboxylic acids is 1. The number of piperazine rings is 1. The van der Waals surface area contributed by atoms with E-state index in [9.17, 15) is 22.4 Å². The number of aromatic nitrogens is 1. The lowest BCUT2D eigenvalue weighted by Crippen LogP contribution is -2.55. The average molecular weight is 417 g/mol. The van der Waals surface area contributed by atoms with Crippen molar-refractivity contribution in [1.82, 2.24) is 9.88 Å². The molecule has 3 rings (SSSR count). The van der Waals surface area contributed by atoms with Crippen molar-refractivity contribution >= 4 is 29.1 Å². The summed E-state index contributed by atoms with van der Waals surface area (Å²) in [6.07, 6.45) is -3.22. The molecular formula is C18H17ClF4N4O. The molecule has 2 amide bonds. The monoisotopic (exact) mass is 416 g/mol. The van der Waals surface area contributed by atoms with E-state index >= 15 is 0 Å². The summed E-state index contributed by atoms with van der Waals surface area (Å²) in [7, 11) is 0. The zero-order chi connectivity index (χ0) is 20.5. The fourth-order valence-corrected chi connectivity index (χ4v) is 3.32. The minimum atomic E-state index is -4.84. The predicted molar refractivity (Wildman–Crippen MR) is 98.0 cm³/mol. The summed E-state index contributed by atoms with van der Waals surface area (Å²) in [4.78, 5) is 20.2. The second-order valence-corrected chi connectivity index (χ2v) is 6.83. The topological polar surface area (TPSA) is 48.5 Å². The zero-order valence-corrected chi connectivity index (χ0v) is 15.6. The number of hydrogen-bond acceptors (Lipinski definition) is 3. The van der Waals surface area contributed by atoms with Crippen molar-refractivity contribution in [3.8, 4) is 0 Å². The molecular weight excluding hydrogens is 400 g/mol. The minimum absolute atomic E-state index is 0.124. The number of rotatable bonds is 2. The maximum Gasteiger partial charge on any atom is 0.419 e. The maximum atomic E-state index is 13.4. The maximum absolute atomic E-state index is 13.4. The number of carbonyl (C=O) groups is 1. The van der Waals surface area contributed by atoms with Crippen LogP contribution in [-0.4, -0.2) is 41.6 Å². The van der Waals surface area contributed by atoms with E-state index in [1.807, 2.05) is 11.8 Å². The first-order valence-corrected chi connectivity index (χ1v) is 8.84. The standard InChI is InChI=1S/C18H17ClF4N4O/c1-11-10-26(16-14(19)3-2-6-24-16)7-8-27(11)17(28)25-12-4-5-15(20)13(9-12)18(21,22)23/h2-6,9,11H,7-8,10H2,1H3,(H,25,28)/t11-/m1/s1. The van der Waals surface area contributed by atoms with Crippen molar-refractivity contribution in [2.75, 3.05) is 29.9 Å². The minimum Gasteiger partial charge on any atom is -0.352 e. The highest BCUT2D eigenvalue weighted by molar-refractivity contribution is 6.32. The number of halogens is 5. The van der Waals surface area contributed by atoms with Crippen molar-refractivity contribution in [1.29, 1.82) is 0 Å². The molecule has 0 saturated carbocycles. The van der Waals surface area contributed by atoms with Gasteiger partial charge < -0.3 is 15.1 Å². The molecule has 1 aliphatic heterocycles. The molecule has 1 N–H and O–H groups in total. The summed E-state index contributed by atoms with van der Waals surface area (Å²) in [5.74, 6) is -0.774. The number of urea groups is 1. The Hall–Kier alpha value is -2.55. The van der Waals surface area contributed by atoms with Crippen molar-refractivity contribution in [3.05, 3.63) is 52.9 Å². The zero-order valence-electron chi connectivity index (χ0n) is 14.8. The summed E-state index contributed by atoms with van der Waals surface area (Å²) in [6.45, 7) is 3.06. The summed E-state index contributed by atoms with van der Waals surface area (Å²) in [5.41, 5.74) is -1.55. The molecule has 150 valence electrons. The third-order valence-electron chi connectivity index (χ3n) is 4.45. The van der Waals surface area contributed by atoms with E-state index in [2.05, 4.69) is 10.3 Å². The number of alkyl halides is 3. The van der Waals surface area contributed by atoms with Crippen LogP contribution in [0, 0.1) is 5.82 Å². The van der Waals surface area contributed by atoms with Gasteiger partial charge in [0.15, 0.2) is 0 Å². The van der Waals surface area contributed by atoms with Gasteiger partial charge in [0.2, 0.25) is 0 Å². The second kappa shape index (κ2) is 7.83. The van der Waals surface area contributed by atoms with E-state index < -0.39 is 23.6 Å². The lowest BCUT2D eigenvalue weighted by atomic mass is 10.1. The normalized spacial score (nSPS) is 17.6. The van der Waals surface area contributed by atoms with Gasteiger partial charge in [-0.25, -0.2) is 14.2 Å². The summed E-state index contributed by atoms with van der Waals surface area (Å²) in [6, 6.07) is 5.01. The van der Waals surface area contributed by atoms with Crippen LogP contribution < -0.4 is 10.2 Å². The van der Waals surface area contributed by atoms with Crippen LogP contribution in [-0.2, 0) is 6.18 Å². The van der Waals surface area contributed by atoms with E-state index in [0.29, 0.717) is 42.6 Å². The SMILES string of the molecule is C[C@@H]1CN(c2ncccc2Cl)CCN1C(=O)Nc1ccc(F)c(C(F)(F)F)c1. The van der Waals surface area contributed by atoms with Crippen molar-refractivity contribution < 1.29 is 22.4 Å². The first-order valence-electron chi connectivity index (χ1n) is 8.46. The second-order valence-electron chi connectivity index (χ2n) is 6.42. The van der Waals surface area contributed by atoms with Gasteiger partial charge in [0.05, 0.1) is 10.6 Å². The number of amides is 2. The Labute approximate surface area is 163 Å². The number of pyridine rings is 1. The van der Waals surface area contributed by atoms with Crippen LogP contribution in [0.3, 0.4) is 0 Å². The quantitative estimate of drug-likeness (QED) is 0.726. The van der Waals surface area contributed by atoms with Gasteiger partial charge in [-0.2, -0.15) is 13.2 Å². The molecule has 0 spiro atoms. The number of nitrogens with zero attached hydrogens (tertiary/aromatic N) is 3. The molecule has 2 aromatic rings. The van der Waals surface area contributed by atoms with E-state index in [-0.39, 0.29) is 11.7 Å². The van der Waals surface area contributed by atoms with Gasteiger partial charge in [-0.15, -0.1) is 0 Å². The highest BCUT2D eigenvalue weighted by atomic mass is 35.5. The third-order valence-corrected chi connectivity index (χ3v) is 4.74. The average Bonchev–Trinajstić information content (AvgIpc) is 2.62. The molecule has 10 heteroatoms. The van der Waals surface area contributed by atoms with E-state index in [0.717, 1.165) is 6.07 Å². The van der Waals surface area contributed by atoms with Crippen LogP contribution in [0.5, 0.6) is 0 Å². The van der Waals surface area contributed by atoms with Gasteiger partial charge in [-0.3, -0.25) is 0 Å². The molecule has 1 fully saturated rings. The highest BCUT2D eigenvalue weighted by Crippen LogP contribution is 2.33. The van der Waals surface area contributed by atoms with E-state index in [1.54, 1.807) is 18.3 Å². The molecule has 1 aromatic heterocycles. The van der Waals surface area contributed by atoms with Crippen LogP contribution in [0.1, 0.15) is 12.5 Å². The van der Waals surface area contributed by atoms with Gasteiger partial charge >= 0.3 is 12.2 Å². The molecule has 1 aromatic carbocycles. The molecule has 0 unspecified atom stereocenters. The number of benzene rings is 1. The summed E-state index contributed by atoms with van der Waals surface area (Å²) >= 11 is 6.16. The fourth-order valence-electron chi connectivity index (χ4n) is 3.08. The fraction of sp³-hybridized carbons (Fsp3) is 0.333. The van der Waals surface area contributed by atoms with Gasteiger partial charge in [-0.05, 0) is 37.3 Å². The molecule has 2 heterocycles. The number of hydrogen-bond donors (Lipinski definition) is 1. The van der Waals surface area contributed by atoms with Crippen molar-refractivity contribution in [3.63, 3.8) is 0 Å².